The summed E-state index contributed by atoms with van der Waals surface area (Å²) in [4.78, 5) is 24.9. The van der Waals surface area contributed by atoms with Gasteiger partial charge in [-0.25, -0.2) is 13.2 Å². The van der Waals surface area contributed by atoms with Crippen molar-refractivity contribution in [1.82, 2.24) is 4.57 Å². The minimum Gasteiger partial charge on any atom is -0.319 e. The van der Waals surface area contributed by atoms with E-state index in [4.69, 9.17) is 11.6 Å². The van der Waals surface area contributed by atoms with Crippen LogP contribution >= 0.6 is 11.6 Å². The van der Waals surface area contributed by atoms with Gasteiger partial charge in [0.15, 0.2) is 0 Å². The van der Waals surface area contributed by atoms with Gasteiger partial charge < -0.3 is 9.88 Å². The normalized spacial score (nSPS) is 10.7. The van der Waals surface area contributed by atoms with Gasteiger partial charge in [0.05, 0.1) is 12.2 Å². The Hall–Kier alpha value is -3.06. The summed E-state index contributed by atoms with van der Waals surface area (Å²) >= 11 is 5.96. The lowest BCUT2D eigenvalue weighted by Crippen LogP contribution is -2.29. The lowest BCUT2D eigenvalue weighted by molar-refractivity contribution is 0.102. The summed E-state index contributed by atoms with van der Waals surface area (Å²) in [6.07, 6.45) is 1.37. The van der Waals surface area contributed by atoms with Crippen LogP contribution in [0.15, 0.2) is 59.5 Å². The molecule has 0 saturated carbocycles. The predicted octanol–water partition coefficient (Wildman–Crippen LogP) is 4.22. The summed E-state index contributed by atoms with van der Waals surface area (Å²) in [5.41, 5.74) is -1.35. The van der Waals surface area contributed by atoms with Gasteiger partial charge in [0.1, 0.15) is 23.0 Å². The number of nitrogens with zero attached hydrogens (tertiary/aromatic N) is 1. The highest BCUT2D eigenvalue weighted by Gasteiger charge is 2.16. The molecule has 0 fully saturated rings. The van der Waals surface area contributed by atoms with E-state index in [1.54, 1.807) is 0 Å². The molecule has 1 N–H and O–H groups in total. The molecule has 8 heteroatoms. The van der Waals surface area contributed by atoms with Crippen LogP contribution in [0.5, 0.6) is 0 Å². The zero-order chi connectivity index (χ0) is 19.6. The number of carbonyl (C=O) groups is 1. The van der Waals surface area contributed by atoms with Crippen LogP contribution in [0.3, 0.4) is 0 Å². The molecule has 138 valence electrons. The van der Waals surface area contributed by atoms with Crippen LogP contribution in [-0.2, 0) is 6.54 Å². The van der Waals surface area contributed by atoms with Crippen LogP contribution in [0.4, 0.5) is 18.9 Å². The Bertz CT molecular complexity index is 1060. The molecule has 27 heavy (non-hydrogen) atoms. The van der Waals surface area contributed by atoms with Crippen LogP contribution < -0.4 is 10.9 Å². The Balaban J connectivity index is 1.92. The summed E-state index contributed by atoms with van der Waals surface area (Å²) in [5, 5.41) is 2.29. The Labute approximate surface area is 156 Å². The van der Waals surface area contributed by atoms with Gasteiger partial charge in [-0.05, 0) is 36.4 Å². The lowest BCUT2D eigenvalue weighted by Gasteiger charge is -2.11. The Morgan fingerprint density at radius 3 is 2.56 bits per heavy atom. The molecule has 0 radical (unpaired) electrons. The second kappa shape index (κ2) is 7.67. The van der Waals surface area contributed by atoms with Gasteiger partial charge in [0, 0.05) is 22.8 Å². The van der Waals surface area contributed by atoms with E-state index in [0.29, 0.717) is 0 Å². The third kappa shape index (κ3) is 4.03. The van der Waals surface area contributed by atoms with E-state index in [1.807, 2.05) is 0 Å². The summed E-state index contributed by atoms with van der Waals surface area (Å²) in [5.74, 6) is -3.10. The minimum atomic E-state index is -0.918. The Morgan fingerprint density at radius 1 is 1.04 bits per heavy atom. The first-order chi connectivity index (χ1) is 12.9. The lowest BCUT2D eigenvalue weighted by atomic mass is 10.2. The molecular formula is C19H12ClF3N2O2. The van der Waals surface area contributed by atoms with E-state index in [2.05, 4.69) is 5.32 Å². The number of halogens is 4. The van der Waals surface area contributed by atoms with Crippen molar-refractivity contribution in [1.29, 1.82) is 0 Å². The van der Waals surface area contributed by atoms with Crippen LogP contribution in [0.25, 0.3) is 0 Å². The fourth-order valence-electron chi connectivity index (χ4n) is 2.47. The third-order valence-electron chi connectivity index (χ3n) is 3.83. The maximum atomic E-state index is 13.9. The van der Waals surface area contributed by atoms with Crippen molar-refractivity contribution in [3.05, 3.63) is 98.7 Å². The highest BCUT2D eigenvalue weighted by atomic mass is 35.5. The molecule has 0 aliphatic heterocycles. The van der Waals surface area contributed by atoms with Crippen molar-refractivity contribution in [3.63, 3.8) is 0 Å². The Kier molecular flexibility index (Phi) is 5.32. The van der Waals surface area contributed by atoms with Gasteiger partial charge in [-0.15, -0.1) is 0 Å². The molecule has 0 atom stereocenters. The molecule has 0 aliphatic carbocycles. The summed E-state index contributed by atoms with van der Waals surface area (Å²) in [7, 11) is 0. The first kappa shape index (κ1) is 18.7. The van der Waals surface area contributed by atoms with E-state index < -0.39 is 34.6 Å². The average Bonchev–Trinajstić information content (AvgIpc) is 2.62. The number of hydrogen-bond donors (Lipinski definition) is 1. The molecule has 0 bridgehead atoms. The van der Waals surface area contributed by atoms with Crippen molar-refractivity contribution < 1.29 is 18.0 Å². The van der Waals surface area contributed by atoms with E-state index in [1.165, 1.54) is 36.5 Å². The molecular weight excluding hydrogens is 381 g/mol. The number of amides is 1. The van der Waals surface area contributed by atoms with Crippen LogP contribution in [-0.4, -0.2) is 10.5 Å². The molecule has 1 heterocycles. The van der Waals surface area contributed by atoms with Crippen molar-refractivity contribution >= 4 is 23.2 Å². The fourth-order valence-corrected chi connectivity index (χ4v) is 2.69. The van der Waals surface area contributed by atoms with Gasteiger partial charge in [-0.1, -0.05) is 17.7 Å². The fraction of sp³-hybridized carbons (Fsp3) is 0.0526. The largest absolute Gasteiger partial charge is 0.319 e. The SMILES string of the molecule is O=C(Nc1cc(F)ccc1F)c1cccn(Cc2c(F)cccc2Cl)c1=O. The number of nitrogens with one attached hydrogen (secondary N) is 1. The molecule has 1 aromatic heterocycles. The van der Waals surface area contributed by atoms with E-state index in [-0.39, 0.29) is 22.7 Å². The number of carbonyl (C=O) groups excluding carboxylic acids is 1. The first-order valence-corrected chi connectivity index (χ1v) is 8.13. The van der Waals surface area contributed by atoms with Gasteiger partial charge >= 0.3 is 0 Å². The van der Waals surface area contributed by atoms with Gasteiger partial charge in [-0.2, -0.15) is 0 Å². The number of pyridine rings is 1. The monoisotopic (exact) mass is 392 g/mol. The minimum absolute atomic E-state index is 0.0926. The summed E-state index contributed by atoms with van der Waals surface area (Å²) in [6.45, 7) is -0.195. The summed E-state index contributed by atoms with van der Waals surface area (Å²) < 4.78 is 41.9. The van der Waals surface area contributed by atoms with Crippen LogP contribution in [0, 0.1) is 17.5 Å². The number of benzene rings is 2. The van der Waals surface area contributed by atoms with E-state index in [0.717, 1.165) is 22.8 Å². The van der Waals surface area contributed by atoms with E-state index in [9.17, 15) is 22.8 Å². The second-order valence-electron chi connectivity index (χ2n) is 5.63. The zero-order valence-corrected chi connectivity index (χ0v) is 14.4. The molecule has 4 nitrogen and oxygen atoms in total. The molecule has 0 saturated heterocycles. The maximum absolute atomic E-state index is 13.9. The van der Waals surface area contributed by atoms with Crippen molar-refractivity contribution in [2.45, 2.75) is 6.54 Å². The quantitative estimate of drug-likeness (QED) is 0.722. The Morgan fingerprint density at radius 2 is 1.81 bits per heavy atom. The first-order valence-electron chi connectivity index (χ1n) is 7.75. The molecule has 0 aliphatic rings. The van der Waals surface area contributed by atoms with Crippen molar-refractivity contribution in [2.75, 3.05) is 5.32 Å². The van der Waals surface area contributed by atoms with Crippen molar-refractivity contribution in [3.8, 4) is 0 Å². The molecule has 3 aromatic rings. The molecule has 1 amide bonds. The molecule has 0 spiro atoms. The number of aromatic nitrogens is 1. The molecule has 3 rings (SSSR count). The average molecular weight is 393 g/mol. The zero-order valence-electron chi connectivity index (χ0n) is 13.7. The highest BCUT2D eigenvalue weighted by Crippen LogP contribution is 2.20. The highest BCUT2D eigenvalue weighted by molar-refractivity contribution is 6.31. The van der Waals surface area contributed by atoms with E-state index >= 15 is 0 Å². The summed E-state index contributed by atoms with van der Waals surface area (Å²) in [6, 6.07) is 9.31. The standard InChI is InChI=1S/C19H12ClF3N2O2/c20-14-4-1-5-15(22)13(14)10-25-8-2-3-12(19(25)27)18(26)24-17-9-11(21)6-7-16(17)23/h1-9H,10H2,(H,24,26). The van der Waals surface area contributed by atoms with Gasteiger partial charge in [0.2, 0.25) is 0 Å². The third-order valence-corrected chi connectivity index (χ3v) is 4.19. The number of anilines is 1. The van der Waals surface area contributed by atoms with Crippen LogP contribution in [0.1, 0.15) is 15.9 Å². The predicted molar refractivity (Wildman–Crippen MR) is 95.5 cm³/mol. The molecule has 2 aromatic carbocycles. The number of rotatable bonds is 4. The smallest absolute Gasteiger partial charge is 0.263 e. The van der Waals surface area contributed by atoms with Gasteiger partial charge in [0.25, 0.3) is 11.5 Å². The van der Waals surface area contributed by atoms with Gasteiger partial charge in [-0.3, -0.25) is 9.59 Å². The second-order valence-corrected chi connectivity index (χ2v) is 6.04. The maximum Gasteiger partial charge on any atom is 0.263 e. The topological polar surface area (TPSA) is 51.1 Å². The van der Waals surface area contributed by atoms with Crippen LogP contribution in [0.2, 0.25) is 5.02 Å². The number of hydrogen-bond acceptors (Lipinski definition) is 2. The molecule has 0 unspecified atom stereocenters. The van der Waals surface area contributed by atoms with Crippen molar-refractivity contribution in [2.24, 2.45) is 0 Å².